The van der Waals surface area contributed by atoms with Gasteiger partial charge in [-0.2, -0.15) is 5.26 Å². The molecular formula is C12H7ClIN3. The second kappa shape index (κ2) is 5.34. The van der Waals surface area contributed by atoms with Crippen LogP contribution in [-0.4, -0.2) is 4.98 Å². The number of halogens is 2. The Labute approximate surface area is 118 Å². The molecule has 0 aliphatic rings. The SMILES string of the molecule is N#Cc1cc(Cl)nc(Nc2ccc(I)cc2)c1. The van der Waals surface area contributed by atoms with Gasteiger partial charge in [0.25, 0.3) is 0 Å². The molecule has 1 aromatic heterocycles. The summed E-state index contributed by atoms with van der Waals surface area (Å²) in [4.78, 5) is 4.10. The van der Waals surface area contributed by atoms with Crippen LogP contribution >= 0.6 is 34.2 Å². The van der Waals surface area contributed by atoms with E-state index in [1.807, 2.05) is 30.3 Å². The highest BCUT2D eigenvalue weighted by atomic mass is 127. The molecule has 2 aromatic rings. The molecule has 84 valence electrons. The molecule has 0 aliphatic heterocycles. The van der Waals surface area contributed by atoms with Gasteiger partial charge in [-0.3, -0.25) is 0 Å². The Morgan fingerprint density at radius 3 is 2.59 bits per heavy atom. The van der Waals surface area contributed by atoms with Gasteiger partial charge in [-0.05, 0) is 59.0 Å². The Bertz CT molecular complexity index is 575. The van der Waals surface area contributed by atoms with Gasteiger partial charge < -0.3 is 5.32 Å². The van der Waals surface area contributed by atoms with Crippen molar-refractivity contribution >= 4 is 45.7 Å². The average molecular weight is 356 g/mol. The van der Waals surface area contributed by atoms with Gasteiger partial charge in [0.2, 0.25) is 0 Å². The van der Waals surface area contributed by atoms with Gasteiger partial charge in [0.1, 0.15) is 11.0 Å². The lowest BCUT2D eigenvalue weighted by molar-refractivity contribution is 1.29. The Kier molecular flexibility index (Phi) is 3.82. The van der Waals surface area contributed by atoms with Gasteiger partial charge in [0, 0.05) is 9.26 Å². The van der Waals surface area contributed by atoms with Crippen molar-refractivity contribution in [3.8, 4) is 6.07 Å². The Hall–Kier alpha value is -1.32. The molecule has 0 unspecified atom stereocenters. The first-order valence-corrected chi connectivity index (χ1v) is 6.23. The Morgan fingerprint density at radius 2 is 1.94 bits per heavy atom. The summed E-state index contributed by atoms with van der Waals surface area (Å²) < 4.78 is 1.16. The summed E-state index contributed by atoms with van der Waals surface area (Å²) in [6.07, 6.45) is 0. The fraction of sp³-hybridized carbons (Fsp3) is 0. The third-order valence-corrected chi connectivity index (χ3v) is 2.95. The van der Waals surface area contributed by atoms with Crippen LogP contribution in [0.1, 0.15) is 5.56 Å². The van der Waals surface area contributed by atoms with Crippen LogP contribution in [0.2, 0.25) is 5.15 Å². The maximum atomic E-state index is 8.82. The molecule has 0 aliphatic carbocycles. The maximum Gasteiger partial charge on any atom is 0.133 e. The quantitative estimate of drug-likeness (QED) is 0.655. The van der Waals surface area contributed by atoms with Crippen LogP contribution < -0.4 is 5.32 Å². The highest BCUT2D eigenvalue weighted by Crippen LogP contribution is 2.19. The number of anilines is 2. The zero-order valence-corrected chi connectivity index (χ0v) is 11.5. The minimum absolute atomic E-state index is 0.303. The van der Waals surface area contributed by atoms with Crippen LogP contribution in [0.3, 0.4) is 0 Å². The van der Waals surface area contributed by atoms with Crippen LogP contribution in [0, 0.1) is 14.9 Å². The van der Waals surface area contributed by atoms with Crippen LogP contribution in [0.25, 0.3) is 0 Å². The molecule has 2 rings (SSSR count). The fourth-order valence-corrected chi connectivity index (χ4v) is 1.87. The standard InChI is InChI=1S/C12H7ClIN3/c13-11-5-8(7-15)6-12(17-11)16-10-3-1-9(14)2-4-10/h1-6H,(H,16,17). The second-order valence-corrected chi connectivity index (χ2v) is 4.94. The van der Waals surface area contributed by atoms with E-state index in [1.165, 1.54) is 6.07 Å². The summed E-state index contributed by atoms with van der Waals surface area (Å²) in [6, 6.07) is 13.1. The number of aromatic nitrogens is 1. The maximum absolute atomic E-state index is 8.82. The molecule has 17 heavy (non-hydrogen) atoms. The van der Waals surface area contributed by atoms with Crippen molar-refractivity contribution in [2.24, 2.45) is 0 Å². The van der Waals surface area contributed by atoms with Gasteiger partial charge >= 0.3 is 0 Å². The van der Waals surface area contributed by atoms with Crippen LogP contribution in [0.15, 0.2) is 36.4 Å². The minimum atomic E-state index is 0.303. The predicted octanol–water partition coefficient (Wildman–Crippen LogP) is 3.95. The molecule has 0 amide bonds. The fourth-order valence-electron chi connectivity index (χ4n) is 1.31. The van der Waals surface area contributed by atoms with Crippen molar-refractivity contribution in [2.45, 2.75) is 0 Å². The summed E-state index contributed by atoms with van der Waals surface area (Å²) in [5.74, 6) is 0.565. The van der Waals surface area contributed by atoms with Crippen LogP contribution in [0.5, 0.6) is 0 Å². The van der Waals surface area contributed by atoms with Crippen LogP contribution in [-0.2, 0) is 0 Å². The first-order valence-electron chi connectivity index (χ1n) is 4.77. The summed E-state index contributed by atoms with van der Waals surface area (Å²) in [6.45, 7) is 0. The normalized spacial score (nSPS) is 9.71. The zero-order chi connectivity index (χ0) is 12.3. The van der Waals surface area contributed by atoms with Gasteiger partial charge in [0.15, 0.2) is 0 Å². The van der Waals surface area contributed by atoms with E-state index >= 15 is 0 Å². The molecule has 0 saturated heterocycles. The van der Waals surface area contributed by atoms with E-state index in [1.54, 1.807) is 6.07 Å². The smallest absolute Gasteiger partial charge is 0.133 e. The minimum Gasteiger partial charge on any atom is -0.340 e. The van der Waals surface area contributed by atoms with E-state index in [2.05, 4.69) is 32.9 Å². The zero-order valence-electron chi connectivity index (χ0n) is 8.61. The average Bonchev–Trinajstić information content (AvgIpc) is 2.31. The first kappa shape index (κ1) is 12.1. The molecule has 3 nitrogen and oxygen atoms in total. The highest BCUT2D eigenvalue weighted by molar-refractivity contribution is 14.1. The molecule has 1 N–H and O–H groups in total. The van der Waals surface area contributed by atoms with Crippen molar-refractivity contribution in [2.75, 3.05) is 5.32 Å². The van der Waals surface area contributed by atoms with Crippen molar-refractivity contribution < 1.29 is 0 Å². The van der Waals surface area contributed by atoms with Gasteiger partial charge in [-0.15, -0.1) is 0 Å². The van der Waals surface area contributed by atoms with E-state index < -0.39 is 0 Å². The Balaban J connectivity index is 2.27. The molecule has 0 fully saturated rings. The third kappa shape index (κ3) is 3.32. The molecule has 1 heterocycles. The van der Waals surface area contributed by atoms with E-state index in [4.69, 9.17) is 16.9 Å². The molecule has 0 saturated carbocycles. The monoisotopic (exact) mass is 355 g/mol. The van der Waals surface area contributed by atoms with E-state index in [9.17, 15) is 0 Å². The number of hydrogen-bond donors (Lipinski definition) is 1. The number of hydrogen-bond acceptors (Lipinski definition) is 3. The molecule has 0 spiro atoms. The second-order valence-electron chi connectivity index (χ2n) is 3.31. The first-order chi connectivity index (χ1) is 8.17. The molecule has 5 heteroatoms. The molecule has 0 atom stereocenters. The number of pyridine rings is 1. The Morgan fingerprint density at radius 1 is 1.24 bits per heavy atom. The number of rotatable bonds is 2. The van der Waals surface area contributed by atoms with Crippen molar-refractivity contribution in [1.82, 2.24) is 4.98 Å². The number of nitrogens with zero attached hydrogens (tertiary/aromatic N) is 2. The van der Waals surface area contributed by atoms with Crippen molar-refractivity contribution in [1.29, 1.82) is 5.26 Å². The topological polar surface area (TPSA) is 48.7 Å². The number of nitrogens with one attached hydrogen (secondary N) is 1. The number of nitriles is 1. The third-order valence-electron chi connectivity index (χ3n) is 2.04. The van der Waals surface area contributed by atoms with Gasteiger partial charge in [0.05, 0.1) is 11.6 Å². The van der Waals surface area contributed by atoms with Gasteiger partial charge in [-0.25, -0.2) is 4.98 Å². The molecule has 0 radical (unpaired) electrons. The van der Waals surface area contributed by atoms with Crippen molar-refractivity contribution in [3.63, 3.8) is 0 Å². The molecular weight excluding hydrogens is 349 g/mol. The van der Waals surface area contributed by atoms with Crippen molar-refractivity contribution in [3.05, 3.63) is 50.7 Å². The van der Waals surface area contributed by atoms with Gasteiger partial charge in [-0.1, -0.05) is 11.6 Å². The van der Waals surface area contributed by atoms with Crippen LogP contribution in [0.4, 0.5) is 11.5 Å². The lowest BCUT2D eigenvalue weighted by Crippen LogP contribution is -1.94. The predicted molar refractivity (Wildman–Crippen MR) is 76.4 cm³/mol. The summed E-state index contributed by atoms with van der Waals surface area (Å²) in [5.41, 5.74) is 1.39. The van der Waals surface area contributed by atoms with E-state index in [0.29, 0.717) is 16.5 Å². The lowest BCUT2D eigenvalue weighted by atomic mass is 10.2. The summed E-state index contributed by atoms with van der Waals surface area (Å²) >= 11 is 8.05. The van der Waals surface area contributed by atoms with E-state index in [-0.39, 0.29) is 0 Å². The molecule has 0 bridgehead atoms. The summed E-state index contributed by atoms with van der Waals surface area (Å²) in [5, 5.41) is 12.2. The largest absolute Gasteiger partial charge is 0.340 e. The van der Waals surface area contributed by atoms with E-state index in [0.717, 1.165) is 9.26 Å². The highest BCUT2D eigenvalue weighted by Gasteiger charge is 2.01. The number of benzene rings is 1. The lowest BCUT2D eigenvalue weighted by Gasteiger charge is -2.06. The molecule has 1 aromatic carbocycles. The summed E-state index contributed by atoms with van der Waals surface area (Å²) in [7, 11) is 0.